The van der Waals surface area contributed by atoms with Crippen molar-refractivity contribution in [2.75, 3.05) is 20.2 Å². The molecule has 0 atom stereocenters. The van der Waals surface area contributed by atoms with Crippen LogP contribution in [0.3, 0.4) is 0 Å². The molecule has 2 amide bonds. The molecule has 0 aromatic carbocycles. The highest BCUT2D eigenvalue weighted by atomic mass is 16.5. The summed E-state index contributed by atoms with van der Waals surface area (Å²) in [5.41, 5.74) is 0.896. The van der Waals surface area contributed by atoms with Crippen molar-refractivity contribution in [2.24, 2.45) is 5.92 Å². The number of likely N-dealkylation sites (tertiary alicyclic amines) is 1. The third-order valence-electron chi connectivity index (χ3n) is 3.16. The molecule has 1 fully saturated rings. The number of methoxy groups -OCH3 is 1. The second kappa shape index (κ2) is 6.23. The predicted molar refractivity (Wildman–Crippen MR) is 70.3 cm³/mol. The topological polar surface area (TPSA) is 91.8 Å². The molecular weight excluding hydrogens is 262 g/mol. The van der Waals surface area contributed by atoms with Gasteiger partial charge in [-0.1, -0.05) is 0 Å². The Hall–Kier alpha value is -2.31. The first-order valence-corrected chi connectivity index (χ1v) is 6.32. The number of rotatable bonds is 5. The van der Waals surface area contributed by atoms with Gasteiger partial charge in [0.15, 0.2) is 0 Å². The summed E-state index contributed by atoms with van der Waals surface area (Å²) in [5.74, 6) is -0.250. The zero-order chi connectivity index (χ0) is 14.5. The molecule has 7 nitrogen and oxygen atoms in total. The van der Waals surface area contributed by atoms with Gasteiger partial charge in [0.2, 0.25) is 5.88 Å². The summed E-state index contributed by atoms with van der Waals surface area (Å²) in [6.45, 7) is 1.38. The van der Waals surface area contributed by atoms with Crippen LogP contribution < -0.4 is 10.1 Å². The summed E-state index contributed by atoms with van der Waals surface area (Å²) in [5, 5.41) is 11.4. The maximum absolute atomic E-state index is 11.8. The van der Waals surface area contributed by atoms with E-state index in [1.165, 1.54) is 7.11 Å². The molecule has 1 aromatic heterocycles. The van der Waals surface area contributed by atoms with Crippen LogP contribution in [0.2, 0.25) is 0 Å². The van der Waals surface area contributed by atoms with E-state index in [0.29, 0.717) is 25.5 Å². The molecule has 1 saturated heterocycles. The Morgan fingerprint density at radius 1 is 1.55 bits per heavy atom. The first-order valence-electron chi connectivity index (χ1n) is 6.32. The Balaban J connectivity index is 1.74. The molecule has 2 N–H and O–H groups in total. The van der Waals surface area contributed by atoms with Crippen LogP contribution in [0, 0.1) is 5.92 Å². The van der Waals surface area contributed by atoms with Crippen LogP contribution in [0.15, 0.2) is 18.3 Å². The number of ether oxygens (including phenoxy) is 1. The molecule has 20 heavy (non-hydrogen) atoms. The van der Waals surface area contributed by atoms with E-state index < -0.39 is 5.97 Å². The molecule has 1 aliphatic heterocycles. The van der Waals surface area contributed by atoms with Crippen LogP contribution in [-0.4, -0.2) is 47.2 Å². The second-order valence-corrected chi connectivity index (χ2v) is 4.73. The first kappa shape index (κ1) is 14.1. The van der Waals surface area contributed by atoms with Crippen molar-refractivity contribution >= 4 is 12.0 Å². The minimum atomic E-state index is -0.820. The summed E-state index contributed by atoms with van der Waals surface area (Å²) in [6, 6.07) is 3.37. The Labute approximate surface area is 116 Å². The van der Waals surface area contributed by atoms with E-state index in [0.717, 1.165) is 5.56 Å². The molecule has 0 spiro atoms. The molecule has 0 saturated carbocycles. The molecule has 0 aliphatic carbocycles. The highest BCUT2D eigenvalue weighted by Crippen LogP contribution is 2.19. The predicted octanol–water partition coefficient (Wildman–Crippen LogP) is 0.706. The number of aromatic nitrogens is 1. The number of pyridine rings is 1. The standard InChI is InChI=1S/C13H17N3O4/c1-20-11-4-9(2-3-14-11)6-15-13(19)16-7-10(8-16)5-12(17)18/h2-4,10H,5-8H2,1H3,(H,15,19)(H,17,18). The second-order valence-electron chi connectivity index (χ2n) is 4.73. The van der Waals surface area contributed by atoms with Crippen molar-refractivity contribution in [1.29, 1.82) is 0 Å². The van der Waals surface area contributed by atoms with Gasteiger partial charge < -0.3 is 20.1 Å². The molecule has 0 unspecified atom stereocenters. The lowest BCUT2D eigenvalue weighted by molar-refractivity contribution is -0.139. The van der Waals surface area contributed by atoms with Crippen molar-refractivity contribution in [3.63, 3.8) is 0 Å². The number of urea groups is 1. The smallest absolute Gasteiger partial charge is 0.317 e. The van der Waals surface area contributed by atoms with E-state index in [2.05, 4.69) is 10.3 Å². The quantitative estimate of drug-likeness (QED) is 0.828. The monoisotopic (exact) mass is 279 g/mol. The normalized spacial score (nSPS) is 14.6. The van der Waals surface area contributed by atoms with E-state index >= 15 is 0 Å². The molecule has 0 bridgehead atoms. The zero-order valence-corrected chi connectivity index (χ0v) is 11.2. The van der Waals surface area contributed by atoms with E-state index in [1.54, 1.807) is 23.2 Å². The molecule has 1 aliphatic rings. The fourth-order valence-corrected chi connectivity index (χ4v) is 2.07. The molecule has 2 heterocycles. The highest BCUT2D eigenvalue weighted by molar-refractivity contribution is 5.75. The average Bonchev–Trinajstić information content (AvgIpc) is 2.39. The summed E-state index contributed by atoms with van der Waals surface area (Å²) in [4.78, 5) is 27.9. The summed E-state index contributed by atoms with van der Waals surface area (Å²) < 4.78 is 5.00. The van der Waals surface area contributed by atoms with Gasteiger partial charge in [0.25, 0.3) is 0 Å². The van der Waals surface area contributed by atoms with Gasteiger partial charge >= 0.3 is 12.0 Å². The molecule has 7 heteroatoms. The van der Waals surface area contributed by atoms with Gasteiger partial charge in [0, 0.05) is 37.8 Å². The van der Waals surface area contributed by atoms with E-state index in [9.17, 15) is 9.59 Å². The van der Waals surface area contributed by atoms with Crippen LogP contribution in [0.5, 0.6) is 5.88 Å². The van der Waals surface area contributed by atoms with Crippen LogP contribution >= 0.6 is 0 Å². The van der Waals surface area contributed by atoms with E-state index in [-0.39, 0.29) is 18.4 Å². The number of carbonyl (C=O) groups excluding carboxylic acids is 1. The third kappa shape index (κ3) is 3.59. The Bertz CT molecular complexity index is 500. The molecule has 2 rings (SSSR count). The number of carboxylic acids is 1. The lowest BCUT2D eigenvalue weighted by atomic mass is 9.97. The fraction of sp³-hybridized carbons (Fsp3) is 0.462. The number of amides is 2. The van der Waals surface area contributed by atoms with E-state index in [1.807, 2.05) is 0 Å². The number of carboxylic acid groups (broad SMARTS) is 1. The van der Waals surface area contributed by atoms with E-state index in [4.69, 9.17) is 9.84 Å². The Morgan fingerprint density at radius 2 is 2.30 bits per heavy atom. The number of hydrogen-bond donors (Lipinski definition) is 2. The number of nitrogens with one attached hydrogen (secondary N) is 1. The summed E-state index contributed by atoms with van der Waals surface area (Å²) in [6.07, 6.45) is 1.73. The summed E-state index contributed by atoms with van der Waals surface area (Å²) in [7, 11) is 1.54. The molecule has 0 radical (unpaired) electrons. The zero-order valence-electron chi connectivity index (χ0n) is 11.2. The van der Waals surface area contributed by atoms with Gasteiger partial charge in [-0.25, -0.2) is 9.78 Å². The van der Waals surface area contributed by atoms with Gasteiger partial charge in [-0.15, -0.1) is 0 Å². The van der Waals surface area contributed by atoms with Gasteiger partial charge in [-0.2, -0.15) is 0 Å². The minimum absolute atomic E-state index is 0.0688. The lowest BCUT2D eigenvalue weighted by Gasteiger charge is -2.38. The number of hydrogen-bond acceptors (Lipinski definition) is 4. The largest absolute Gasteiger partial charge is 0.481 e. The SMILES string of the molecule is COc1cc(CNC(=O)N2CC(CC(=O)O)C2)ccn1. The maximum atomic E-state index is 11.8. The Kier molecular flexibility index (Phi) is 4.39. The van der Waals surface area contributed by atoms with Crippen molar-refractivity contribution in [3.8, 4) is 5.88 Å². The van der Waals surface area contributed by atoms with Crippen LogP contribution in [0.4, 0.5) is 4.79 Å². The van der Waals surface area contributed by atoms with Gasteiger partial charge in [0.1, 0.15) is 0 Å². The van der Waals surface area contributed by atoms with Gasteiger partial charge in [0.05, 0.1) is 13.5 Å². The van der Waals surface area contributed by atoms with Crippen LogP contribution in [0.1, 0.15) is 12.0 Å². The lowest BCUT2D eigenvalue weighted by Crippen LogP contribution is -2.54. The molecular formula is C13H17N3O4. The fourth-order valence-electron chi connectivity index (χ4n) is 2.07. The molecule has 1 aromatic rings. The van der Waals surface area contributed by atoms with Gasteiger partial charge in [-0.3, -0.25) is 4.79 Å². The highest BCUT2D eigenvalue weighted by Gasteiger charge is 2.31. The van der Waals surface area contributed by atoms with Crippen molar-refractivity contribution in [3.05, 3.63) is 23.9 Å². The number of carbonyl (C=O) groups is 2. The number of nitrogens with zero attached hydrogens (tertiary/aromatic N) is 2. The number of aliphatic carboxylic acids is 1. The average molecular weight is 279 g/mol. The van der Waals surface area contributed by atoms with Crippen LogP contribution in [-0.2, 0) is 11.3 Å². The van der Waals surface area contributed by atoms with Gasteiger partial charge in [-0.05, 0) is 11.6 Å². The van der Waals surface area contributed by atoms with Crippen LogP contribution in [0.25, 0.3) is 0 Å². The first-order chi connectivity index (χ1) is 9.58. The minimum Gasteiger partial charge on any atom is -0.481 e. The third-order valence-corrected chi connectivity index (χ3v) is 3.16. The Morgan fingerprint density at radius 3 is 2.95 bits per heavy atom. The summed E-state index contributed by atoms with van der Waals surface area (Å²) >= 11 is 0. The maximum Gasteiger partial charge on any atom is 0.317 e. The van der Waals surface area contributed by atoms with Crippen molar-refractivity contribution in [2.45, 2.75) is 13.0 Å². The van der Waals surface area contributed by atoms with Crippen molar-refractivity contribution in [1.82, 2.24) is 15.2 Å². The van der Waals surface area contributed by atoms with Crippen molar-refractivity contribution < 1.29 is 19.4 Å². The molecule has 108 valence electrons.